The van der Waals surface area contributed by atoms with Crippen LogP contribution in [0.15, 0.2) is 17.5 Å². The minimum Gasteiger partial charge on any atom is -0.350 e. The Balaban J connectivity index is 1.81. The van der Waals surface area contributed by atoms with Gasteiger partial charge in [0.1, 0.15) is 0 Å². The molecule has 0 radical (unpaired) electrons. The van der Waals surface area contributed by atoms with Gasteiger partial charge in [0.25, 0.3) is 5.91 Å². The second-order valence-electron chi connectivity index (χ2n) is 3.96. The van der Waals surface area contributed by atoms with Crippen molar-refractivity contribution in [1.82, 2.24) is 10.2 Å². The number of nitrogens with zero attached hydrogens (tertiary/aromatic N) is 1. The summed E-state index contributed by atoms with van der Waals surface area (Å²) in [7, 11) is 2.12. The fourth-order valence-electron chi connectivity index (χ4n) is 1.94. The molecule has 0 saturated carbocycles. The zero-order valence-electron chi connectivity index (χ0n) is 8.90. The molecule has 1 aliphatic rings. The van der Waals surface area contributed by atoms with Gasteiger partial charge in [-0.1, -0.05) is 6.07 Å². The molecule has 1 aromatic heterocycles. The first-order valence-corrected chi connectivity index (χ1v) is 6.17. The Hall–Kier alpha value is -0.870. The third kappa shape index (κ3) is 2.58. The van der Waals surface area contributed by atoms with E-state index in [1.807, 2.05) is 17.5 Å². The van der Waals surface area contributed by atoms with Gasteiger partial charge in [-0.3, -0.25) is 4.79 Å². The van der Waals surface area contributed by atoms with Crippen molar-refractivity contribution in [2.45, 2.75) is 18.9 Å². The van der Waals surface area contributed by atoms with E-state index >= 15 is 0 Å². The molecule has 0 aliphatic carbocycles. The third-order valence-electron chi connectivity index (χ3n) is 2.91. The van der Waals surface area contributed by atoms with E-state index in [9.17, 15) is 4.79 Å². The normalized spacial score (nSPS) is 21.8. The van der Waals surface area contributed by atoms with Crippen LogP contribution in [-0.2, 0) is 0 Å². The van der Waals surface area contributed by atoms with Crippen molar-refractivity contribution in [3.8, 4) is 0 Å². The van der Waals surface area contributed by atoms with E-state index in [0.29, 0.717) is 6.04 Å². The second-order valence-corrected chi connectivity index (χ2v) is 4.91. The molecule has 15 heavy (non-hydrogen) atoms. The molecule has 1 aromatic rings. The van der Waals surface area contributed by atoms with Gasteiger partial charge in [0, 0.05) is 12.6 Å². The SMILES string of the molecule is CN1CCCC1CNC(=O)c1cccs1. The maximum atomic E-state index is 11.6. The largest absolute Gasteiger partial charge is 0.350 e. The highest BCUT2D eigenvalue weighted by Gasteiger charge is 2.21. The second kappa shape index (κ2) is 4.77. The molecule has 1 fully saturated rings. The number of hydrogen-bond acceptors (Lipinski definition) is 3. The monoisotopic (exact) mass is 224 g/mol. The highest BCUT2D eigenvalue weighted by atomic mass is 32.1. The van der Waals surface area contributed by atoms with Crippen LogP contribution in [0.25, 0.3) is 0 Å². The predicted molar refractivity (Wildman–Crippen MR) is 62.3 cm³/mol. The van der Waals surface area contributed by atoms with E-state index < -0.39 is 0 Å². The van der Waals surface area contributed by atoms with E-state index in [2.05, 4.69) is 17.3 Å². The van der Waals surface area contributed by atoms with E-state index in [1.54, 1.807) is 0 Å². The predicted octanol–water partition coefficient (Wildman–Crippen LogP) is 1.57. The average molecular weight is 224 g/mol. The van der Waals surface area contributed by atoms with Crippen molar-refractivity contribution in [2.75, 3.05) is 20.1 Å². The standard InChI is InChI=1S/C11H16N2OS/c1-13-6-2-4-9(13)8-12-11(14)10-5-3-7-15-10/h3,5,7,9H,2,4,6,8H2,1H3,(H,12,14). The molecule has 2 heterocycles. The molecular formula is C11H16N2OS. The summed E-state index contributed by atoms with van der Waals surface area (Å²) in [5, 5.41) is 4.91. The summed E-state index contributed by atoms with van der Waals surface area (Å²) >= 11 is 1.49. The van der Waals surface area contributed by atoms with Gasteiger partial charge in [-0.2, -0.15) is 0 Å². The van der Waals surface area contributed by atoms with Gasteiger partial charge in [-0.15, -0.1) is 11.3 Å². The number of hydrogen-bond donors (Lipinski definition) is 1. The molecular weight excluding hydrogens is 208 g/mol. The zero-order valence-corrected chi connectivity index (χ0v) is 9.72. The summed E-state index contributed by atoms with van der Waals surface area (Å²) in [6.07, 6.45) is 2.44. The number of carbonyl (C=O) groups is 1. The van der Waals surface area contributed by atoms with Crippen molar-refractivity contribution in [3.05, 3.63) is 22.4 Å². The van der Waals surface area contributed by atoms with Crippen molar-refractivity contribution in [2.24, 2.45) is 0 Å². The Kier molecular flexibility index (Phi) is 3.38. The highest BCUT2D eigenvalue weighted by molar-refractivity contribution is 7.12. The fraction of sp³-hybridized carbons (Fsp3) is 0.545. The first-order chi connectivity index (χ1) is 7.27. The summed E-state index contributed by atoms with van der Waals surface area (Å²) in [5.41, 5.74) is 0. The Labute approximate surface area is 94.1 Å². The molecule has 4 heteroatoms. The van der Waals surface area contributed by atoms with Gasteiger partial charge >= 0.3 is 0 Å². The van der Waals surface area contributed by atoms with E-state index in [0.717, 1.165) is 18.0 Å². The van der Waals surface area contributed by atoms with Gasteiger partial charge in [-0.25, -0.2) is 0 Å². The van der Waals surface area contributed by atoms with Crippen LogP contribution >= 0.6 is 11.3 Å². The number of carbonyl (C=O) groups excluding carboxylic acids is 1. The Morgan fingerprint density at radius 1 is 1.73 bits per heavy atom. The molecule has 1 amide bonds. The van der Waals surface area contributed by atoms with Crippen molar-refractivity contribution >= 4 is 17.2 Å². The molecule has 82 valence electrons. The first kappa shape index (κ1) is 10.6. The Bertz CT molecular complexity index is 323. The van der Waals surface area contributed by atoms with Gasteiger partial charge < -0.3 is 10.2 Å². The molecule has 1 aliphatic heterocycles. The topological polar surface area (TPSA) is 32.3 Å². The maximum Gasteiger partial charge on any atom is 0.261 e. The number of likely N-dealkylation sites (tertiary alicyclic amines) is 1. The molecule has 3 nitrogen and oxygen atoms in total. The minimum atomic E-state index is 0.0605. The molecule has 0 spiro atoms. The van der Waals surface area contributed by atoms with Crippen molar-refractivity contribution in [3.63, 3.8) is 0 Å². The van der Waals surface area contributed by atoms with Crippen molar-refractivity contribution < 1.29 is 4.79 Å². The minimum absolute atomic E-state index is 0.0605. The highest BCUT2D eigenvalue weighted by Crippen LogP contribution is 2.14. The summed E-state index contributed by atoms with van der Waals surface area (Å²) in [6.45, 7) is 1.92. The average Bonchev–Trinajstić information content (AvgIpc) is 2.85. The quantitative estimate of drug-likeness (QED) is 0.845. The third-order valence-corrected chi connectivity index (χ3v) is 3.78. The van der Waals surface area contributed by atoms with E-state index in [4.69, 9.17) is 0 Å². The van der Waals surface area contributed by atoms with Gasteiger partial charge in [0.15, 0.2) is 0 Å². The van der Waals surface area contributed by atoms with Crippen LogP contribution in [0.3, 0.4) is 0 Å². The summed E-state index contributed by atoms with van der Waals surface area (Å²) in [6, 6.07) is 4.29. The van der Waals surface area contributed by atoms with Crippen LogP contribution < -0.4 is 5.32 Å². The Morgan fingerprint density at radius 3 is 3.20 bits per heavy atom. The summed E-state index contributed by atoms with van der Waals surface area (Å²) < 4.78 is 0. The maximum absolute atomic E-state index is 11.6. The molecule has 0 bridgehead atoms. The van der Waals surface area contributed by atoms with Gasteiger partial charge in [0.05, 0.1) is 4.88 Å². The van der Waals surface area contributed by atoms with Crippen LogP contribution in [0.4, 0.5) is 0 Å². The molecule has 1 saturated heterocycles. The lowest BCUT2D eigenvalue weighted by atomic mass is 10.2. The Morgan fingerprint density at radius 2 is 2.60 bits per heavy atom. The van der Waals surface area contributed by atoms with Crippen LogP contribution in [0, 0.1) is 0 Å². The smallest absolute Gasteiger partial charge is 0.261 e. The van der Waals surface area contributed by atoms with E-state index in [1.165, 1.54) is 24.2 Å². The van der Waals surface area contributed by atoms with E-state index in [-0.39, 0.29) is 5.91 Å². The molecule has 2 rings (SSSR count). The number of thiophene rings is 1. The van der Waals surface area contributed by atoms with Crippen LogP contribution in [-0.4, -0.2) is 37.0 Å². The first-order valence-electron chi connectivity index (χ1n) is 5.29. The summed E-state index contributed by atoms with van der Waals surface area (Å²) in [5.74, 6) is 0.0605. The number of nitrogens with one attached hydrogen (secondary N) is 1. The van der Waals surface area contributed by atoms with Crippen LogP contribution in [0.2, 0.25) is 0 Å². The van der Waals surface area contributed by atoms with Crippen LogP contribution in [0.1, 0.15) is 22.5 Å². The zero-order chi connectivity index (χ0) is 10.7. The van der Waals surface area contributed by atoms with Crippen molar-refractivity contribution in [1.29, 1.82) is 0 Å². The fourth-order valence-corrected chi connectivity index (χ4v) is 2.58. The van der Waals surface area contributed by atoms with Gasteiger partial charge in [0.2, 0.25) is 0 Å². The molecule has 0 aromatic carbocycles. The molecule has 1 N–H and O–H groups in total. The number of rotatable bonds is 3. The molecule has 1 atom stereocenters. The van der Waals surface area contributed by atoms with Gasteiger partial charge in [-0.05, 0) is 37.9 Å². The lowest BCUT2D eigenvalue weighted by Gasteiger charge is -2.19. The lowest BCUT2D eigenvalue weighted by molar-refractivity contribution is 0.0948. The summed E-state index contributed by atoms with van der Waals surface area (Å²) in [4.78, 5) is 14.8. The van der Waals surface area contributed by atoms with Crippen LogP contribution in [0.5, 0.6) is 0 Å². The number of likely N-dealkylation sites (N-methyl/N-ethyl adjacent to an activating group) is 1. The lowest BCUT2D eigenvalue weighted by Crippen LogP contribution is -2.37. The number of amides is 1. The molecule has 1 unspecified atom stereocenters.